The molecule has 2 aliphatic carbocycles. The molecule has 1 aromatic carbocycles. The van der Waals surface area contributed by atoms with E-state index in [2.05, 4.69) is 55.7 Å². The number of methoxy groups -OCH3 is 2. The van der Waals surface area contributed by atoms with Gasteiger partial charge in [0.05, 0.1) is 25.3 Å². The van der Waals surface area contributed by atoms with Gasteiger partial charge in [-0.25, -0.2) is 4.99 Å². The van der Waals surface area contributed by atoms with Crippen molar-refractivity contribution in [2.45, 2.75) is 70.6 Å². The van der Waals surface area contributed by atoms with Crippen molar-refractivity contribution in [3.05, 3.63) is 34.9 Å². The average molecular weight is 424 g/mol. The van der Waals surface area contributed by atoms with Gasteiger partial charge in [-0.05, 0) is 62.3 Å². The van der Waals surface area contributed by atoms with Gasteiger partial charge < -0.3 is 20.1 Å². The standard InChI is InChI=1S/C26H37N3O2/c1-18(2)6-7-20-8-9-21-15-25(12-10-22(31-5)11-13-25)26(23(21)14-20)17-29(24(27)28-26)19(3)16-30-4/h8-9,14,18-19,22H,10-13,15-17H2,1-5H3,(H2,27,28). The molecular weight excluding hydrogens is 386 g/mol. The summed E-state index contributed by atoms with van der Waals surface area (Å²) < 4.78 is 11.1. The molecule has 5 nitrogen and oxygen atoms in total. The molecule has 1 saturated carbocycles. The zero-order valence-corrected chi connectivity index (χ0v) is 19.7. The normalized spacial score (nSPS) is 30.5. The SMILES string of the molecule is COCC(C)N1CC2(N=C1N)c1cc(C#CC(C)C)ccc1CC21CCC(OC)CC1. The molecule has 0 saturated heterocycles. The van der Waals surface area contributed by atoms with Crippen molar-refractivity contribution in [1.29, 1.82) is 0 Å². The van der Waals surface area contributed by atoms with E-state index in [0.717, 1.165) is 44.2 Å². The Balaban J connectivity index is 1.78. The van der Waals surface area contributed by atoms with Gasteiger partial charge in [0.25, 0.3) is 0 Å². The molecule has 1 aromatic rings. The summed E-state index contributed by atoms with van der Waals surface area (Å²) in [5, 5.41) is 0. The minimum absolute atomic E-state index is 0.0840. The summed E-state index contributed by atoms with van der Waals surface area (Å²) >= 11 is 0. The fraction of sp³-hybridized carbons (Fsp3) is 0.654. The molecule has 2 spiro atoms. The molecule has 0 radical (unpaired) electrons. The van der Waals surface area contributed by atoms with Crippen LogP contribution in [0.3, 0.4) is 0 Å². The molecule has 1 heterocycles. The van der Waals surface area contributed by atoms with Crippen LogP contribution in [-0.2, 0) is 21.4 Å². The Morgan fingerprint density at radius 3 is 2.61 bits per heavy atom. The number of benzene rings is 1. The number of hydrogen-bond donors (Lipinski definition) is 1. The molecule has 168 valence electrons. The topological polar surface area (TPSA) is 60.1 Å². The number of ether oxygens (including phenoxy) is 2. The Kier molecular flexibility index (Phi) is 6.07. The van der Waals surface area contributed by atoms with E-state index in [0.29, 0.717) is 24.6 Å². The Morgan fingerprint density at radius 2 is 1.97 bits per heavy atom. The molecule has 0 bridgehead atoms. The Bertz CT molecular complexity index is 905. The number of fused-ring (bicyclic) bond motifs is 3. The monoisotopic (exact) mass is 423 g/mol. The van der Waals surface area contributed by atoms with E-state index >= 15 is 0 Å². The molecule has 4 rings (SSSR count). The van der Waals surface area contributed by atoms with Crippen LogP contribution in [0.5, 0.6) is 0 Å². The van der Waals surface area contributed by atoms with Crippen molar-refractivity contribution in [1.82, 2.24) is 4.90 Å². The second-order valence-corrected chi connectivity index (χ2v) is 9.95. The van der Waals surface area contributed by atoms with E-state index in [1.54, 1.807) is 7.11 Å². The van der Waals surface area contributed by atoms with Gasteiger partial charge in [0.2, 0.25) is 0 Å². The number of hydrogen-bond acceptors (Lipinski definition) is 5. The molecule has 31 heavy (non-hydrogen) atoms. The van der Waals surface area contributed by atoms with Gasteiger partial charge in [0.15, 0.2) is 5.96 Å². The molecule has 0 amide bonds. The van der Waals surface area contributed by atoms with Gasteiger partial charge in [-0.2, -0.15) is 0 Å². The summed E-state index contributed by atoms with van der Waals surface area (Å²) in [5.74, 6) is 7.68. The molecule has 2 atom stereocenters. The summed E-state index contributed by atoms with van der Waals surface area (Å²) in [6.07, 6.45) is 5.78. The number of guanidine groups is 1. The zero-order valence-electron chi connectivity index (χ0n) is 19.7. The number of rotatable bonds is 4. The highest BCUT2D eigenvalue weighted by molar-refractivity contribution is 5.82. The van der Waals surface area contributed by atoms with E-state index in [1.807, 2.05) is 7.11 Å². The lowest BCUT2D eigenvalue weighted by Gasteiger charge is -2.47. The minimum atomic E-state index is -0.317. The molecule has 3 aliphatic rings. The summed E-state index contributed by atoms with van der Waals surface area (Å²) in [7, 11) is 3.58. The first-order valence-corrected chi connectivity index (χ1v) is 11.6. The molecule has 5 heteroatoms. The molecule has 2 unspecified atom stereocenters. The lowest BCUT2D eigenvalue weighted by molar-refractivity contribution is -0.00654. The van der Waals surface area contributed by atoms with Crippen molar-refractivity contribution in [3.8, 4) is 11.8 Å². The van der Waals surface area contributed by atoms with Crippen LogP contribution in [0.1, 0.15) is 63.1 Å². The zero-order chi connectivity index (χ0) is 22.2. The Hall–Kier alpha value is -2.03. The van der Waals surface area contributed by atoms with Crippen LogP contribution in [-0.4, -0.2) is 50.4 Å². The predicted molar refractivity (Wildman–Crippen MR) is 125 cm³/mol. The molecule has 1 fully saturated rings. The lowest BCUT2D eigenvalue weighted by Crippen LogP contribution is -2.50. The third kappa shape index (κ3) is 3.75. The minimum Gasteiger partial charge on any atom is -0.383 e. The van der Waals surface area contributed by atoms with Gasteiger partial charge >= 0.3 is 0 Å². The lowest BCUT2D eigenvalue weighted by atomic mass is 9.61. The van der Waals surface area contributed by atoms with Crippen molar-refractivity contribution < 1.29 is 9.47 Å². The summed E-state index contributed by atoms with van der Waals surface area (Å²) in [4.78, 5) is 7.53. The third-order valence-corrected chi connectivity index (χ3v) is 7.63. The van der Waals surface area contributed by atoms with Gasteiger partial charge in [0.1, 0.15) is 5.54 Å². The summed E-state index contributed by atoms with van der Waals surface area (Å²) in [6, 6.07) is 6.94. The van der Waals surface area contributed by atoms with Crippen molar-refractivity contribution in [3.63, 3.8) is 0 Å². The summed E-state index contributed by atoms with van der Waals surface area (Å²) in [6.45, 7) is 7.87. The molecule has 1 aliphatic heterocycles. The van der Waals surface area contributed by atoms with Crippen LogP contribution in [0, 0.1) is 23.2 Å². The first-order valence-electron chi connectivity index (χ1n) is 11.6. The number of aliphatic imine (C=N–C) groups is 1. The van der Waals surface area contributed by atoms with Gasteiger partial charge in [-0.3, -0.25) is 0 Å². The molecule has 2 N–H and O–H groups in total. The second-order valence-electron chi connectivity index (χ2n) is 9.95. The smallest absolute Gasteiger partial charge is 0.192 e. The maximum absolute atomic E-state index is 6.57. The first-order chi connectivity index (χ1) is 14.8. The van der Waals surface area contributed by atoms with Crippen LogP contribution in [0.2, 0.25) is 0 Å². The van der Waals surface area contributed by atoms with Crippen LogP contribution < -0.4 is 5.73 Å². The second kappa shape index (κ2) is 8.48. The largest absolute Gasteiger partial charge is 0.383 e. The maximum atomic E-state index is 6.57. The van der Waals surface area contributed by atoms with E-state index < -0.39 is 0 Å². The Morgan fingerprint density at radius 1 is 1.23 bits per heavy atom. The van der Waals surface area contributed by atoms with Crippen molar-refractivity contribution in [2.24, 2.45) is 22.1 Å². The quantitative estimate of drug-likeness (QED) is 0.751. The van der Waals surface area contributed by atoms with Crippen LogP contribution in [0.15, 0.2) is 23.2 Å². The van der Waals surface area contributed by atoms with Crippen LogP contribution in [0.4, 0.5) is 0 Å². The summed E-state index contributed by atoms with van der Waals surface area (Å²) in [5.41, 5.74) is 10.1. The number of nitrogens with zero attached hydrogens (tertiary/aromatic N) is 2. The Labute approximate surface area is 187 Å². The van der Waals surface area contributed by atoms with Crippen molar-refractivity contribution in [2.75, 3.05) is 27.4 Å². The van der Waals surface area contributed by atoms with E-state index in [-0.39, 0.29) is 17.0 Å². The van der Waals surface area contributed by atoms with Crippen molar-refractivity contribution >= 4 is 5.96 Å². The fourth-order valence-electron chi connectivity index (χ4n) is 5.95. The molecular formula is C26H37N3O2. The predicted octanol–water partition coefficient (Wildman–Crippen LogP) is 3.69. The van der Waals surface area contributed by atoms with Gasteiger partial charge in [0, 0.05) is 31.1 Å². The fourth-order valence-corrected chi connectivity index (χ4v) is 5.95. The molecule has 0 aromatic heterocycles. The highest BCUT2D eigenvalue weighted by Crippen LogP contribution is 2.61. The van der Waals surface area contributed by atoms with E-state index in [9.17, 15) is 0 Å². The highest BCUT2D eigenvalue weighted by atomic mass is 16.5. The average Bonchev–Trinajstić information content (AvgIpc) is 3.23. The van der Waals surface area contributed by atoms with Gasteiger partial charge in [-0.1, -0.05) is 31.8 Å². The first kappa shape index (κ1) is 22.2. The van der Waals surface area contributed by atoms with Gasteiger partial charge in [-0.15, -0.1) is 0 Å². The highest BCUT2D eigenvalue weighted by Gasteiger charge is 2.61. The van der Waals surface area contributed by atoms with E-state index in [4.69, 9.17) is 20.2 Å². The van der Waals surface area contributed by atoms with E-state index in [1.165, 1.54) is 11.1 Å². The van der Waals surface area contributed by atoms with Crippen LogP contribution in [0.25, 0.3) is 0 Å². The maximum Gasteiger partial charge on any atom is 0.192 e. The van der Waals surface area contributed by atoms with Crippen LogP contribution >= 0.6 is 0 Å². The third-order valence-electron chi connectivity index (χ3n) is 7.63. The number of nitrogens with two attached hydrogens (primary N) is 1.